The number of hydrogen-bond acceptors (Lipinski definition) is 9. The molecule has 0 bridgehead atoms. The molecule has 3 rings (SSSR count). The smallest absolute Gasteiger partial charge is 0.410 e. The summed E-state index contributed by atoms with van der Waals surface area (Å²) >= 11 is 6.10. The minimum absolute atomic E-state index is 0.0805. The maximum atomic E-state index is 12.4. The van der Waals surface area contributed by atoms with Crippen molar-refractivity contribution in [3.05, 3.63) is 10.8 Å². The summed E-state index contributed by atoms with van der Waals surface area (Å²) in [5, 5.41) is 13.0. The van der Waals surface area contributed by atoms with Crippen LogP contribution in [0.25, 0.3) is 0 Å². The molecule has 2 aliphatic rings. The number of rotatable bonds is 5. The van der Waals surface area contributed by atoms with Crippen LogP contribution in [-0.2, 0) is 9.47 Å². The number of aromatic carboxylic acids is 1. The molecule has 1 amide bonds. The number of carbonyl (C=O) groups excluding carboxylic acids is 1. The van der Waals surface area contributed by atoms with Gasteiger partial charge in [-0.1, -0.05) is 0 Å². The van der Waals surface area contributed by atoms with Gasteiger partial charge < -0.3 is 34.4 Å². The number of carbonyl (C=O) groups is 2. The van der Waals surface area contributed by atoms with Crippen LogP contribution >= 0.6 is 11.6 Å². The van der Waals surface area contributed by atoms with Gasteiger partial charge in [0.2, 0.25) is 11.2 Å². The van der Waals surface area contributed by atoms with Crippen LogP contribution in [0.4, 0.5) is 10.6 Å². The molecule has 1 aromatic rings. The van der Waals surface area contributed by atoms with Gasteiger partial charge in [0.05, 0.1) is 25.3 Å². The van der Waals surface area contributed by atoms with E-state index in [1.165, 1.54) is 0 Å². The summed E-state index contributed by atoms with van der Waals surface area (Å²) in [6.45, 7) is 10.2. The Labute approximate surface area is 192 Å². The predicted molar refractivity (Wildman–Crippen MR) is 117 cm³/mol. The number of amides is 1. The molecule has 32 heavy (non-hydrogen) atoms. The number of nitrogens with one attached hydrogen (secondary N) is 1. The van der Waals surface area contributed by atoms with Crippen molar-refractivity contribution >= 4 is 29.5 Å². The highest BCUT2D eigenvalue weighted by atomic mass is 35.5. The monoisotopic (exact) mass is 471 g/mol. The molecule has 0 radical (unpaired) electrons. The maximum absolute atomic E-state index is 12.4. The third-order valence-electron chi connectivity index (χ3n) is 5.01. The largest absolute Gasteiger partial charge is 0.477 e. The Hall–Kier alpha value is -2.37. The van der Waals surface area contributed by atoms with Crippen molar-refractivity contribution in [3.8, 4) is 5.88 Å². The summed E-state index contributed by atoms with van der Waals surface area (Å²) in [5.74, 6) is -1.12. The first-order valence-corrected chi connectivity index (χ1v) is 10.9. The lowest BCUT2D eigenvalue weighted by molar-refractivity contribution is 0.0177. The molecular weight excluding hydrogens is 442 g/mol. The first-order chi connectivity index (χ1) is 15.0. The maximum Gasteiger partial charge on any atom is 0.410 e. The van der Waals surface area contributed by atoms with Gasteiger partial charge in [0.1, 0.15) is 12.2 Å². The van der Waals surface area contributed by atoms with Crippen molar-refractivity contribution in [3.63, 3.8) is 0 Å². The molecule has 1 aromatic heterocycles. The zero-order valence-electron chi connectivity index (χ0n) is 18.8. The van der Waals surface area contributed by atoms with E-state index in [0.717, 1.165) is 0 Å². The Bertz CT molecular complexity index is 849. The lowest BCUT2D eigenvalue weighted by Gasteiger charge is -2.35. The third-order valence-corrected chi connectivity index (χ3v) is 5.18. The number of halogens is 1. The van der Waals surface area contributed by atoms with E-state index in [0.29, 0.717) is 39.4 Å². The average molecular weight is 472 g/mol. The lowest BCUT2D eigenvalue weighted by Crippen LogP contribution is -2.55. The van der Waals surface area contributed by atoms with E-state index in [1.54, 1.807) is 4.90 Å². The first kappa shape index (κ1) is 24.3. The molecule has 2 fully saturated rings. The minimum Gasteiger partial charge on any atom is -0.477 e. The molecule has 2 N–H and O–H groups in total. The van der Waals surface area contributed by atoms with Crippen molar-refractivity contribution in [2.45, 2.75) is 45.4 Å². The third kappa shape index (κ3) is 6.11. The molecule has 0 aromatic carbocycles. The van der Waals surface area contributed by atoms with E-state index in [-0.39, 0.29) is 41.2 Å². The van der Waals surface area contributed by atoms with Crippen LogP contribution in [0.1, 0.15) is 38.1 Å². The number of carboxylic acids is 1. The van der Waals surface area contributed by atoms with Crippen molar-refractivity contribution in [1.29, 1.82) is 0 Å². The fourth-order valence-corrected chi connectivity index (χ4v) is 3.71. The number of anilines is 1. The van der Waals surface area contributed by atoms with Gasteiger partial charge in [-0.3, -0.25) is 0 Å². The highest BCUT2D eigenvalue weighted by Crippen LogP contribution is 2.30. The van der Waals surface area contributed by atoms with Crippen molar-refractivity contribution in [2.75, 3.05) is 50.9 Å². The molecule has 0 saturated carbocycles. The molecule has 1 unspecified atom stereocenters. The van der Waals surface area contributed by atoms with E-state index in [2.05, 4.69) is 15.3 Å². The van der Waals surface area contributed by atoms with E-state index in [4.69, 9.17) is 25.8 Å². The quantitative estimate of drug-likeness (QED) is 0.612. The van der Waals surface area contributed by atoms with Gasteiger partial charge in [-0.15, -0.1) is 0 Å². The van der Waals surface area contributed by atoms with E-state index < -0.39 is 17.7 Å². The summed E-state index contributed by atoms with van der Waals surface area (Å²) in [6, 6.07) is -0.319. The fraction of sp³-hybridized carbons (Fsp3) is 0.700. The van der Waals surface area contributed by atoms with Crippen molar-refractivity contribution in [1.82, 2.24) is 20.2 Å². The van der Waals surface area contributed by atoms with Gasteiger partial charge in [-0.25, -0.2) is 9.59 Å². The normalized spacial score (nSPS) is 21.9. The number of ether oxygens (including phenoxy) is 3. The minimum atomic E-state index is -1.21. The van der Waals surface area contributed by atoms with Crippen molar-refractivity contribution < 1.29 is 28.9 Å². The Balaban J connectivity index is 1.74. The first-order valence-electron chi connectivity index (χ1n) is 10.5. The van der Waals surface area contributed by atoms with Gasteiger partial charge in [0, 0.05) is 26.2 Å². The second-order valence-electron chi connectivity index (χ2n) is 8.81. The van der Waals surface area contributed by atoms with Gasteiger partial charge in [-0.05, 0) is 39.3 Å². The highest BCUT2D eigenvalue weighted by Gasteiger charge is 2.31. The Morgan fingerprint density at radius 1 is 1.31 bits per heavy atom. The summed E-state index contributed by atoms with van der Waals surface area (Å²) in [7, 11) is 0. The second kappa shape index (κ2) is 10.1. The predicted octanol–water partition coefficient (Wildman–Crippen LogP) is 1.64. The van der Waals surface area contributed by atoms with Gasteiger partial charge in [0.15, 0.2) is 11.4 Å². The lowest BCUT2D eigenvalue weighted by atomic mass is 10.2. The highest BCUT2D eigenvalue weighted by molar-refractivity contribution is 6.28. The molecule has 2 aliphatic heterocycles. The molecule has 2 saturated heterocycles. The second-order valence-corrected chi connectivity index (χ2v) is 9.15. The number of piperazine rings is 1. The fourth-order valence-electron chi connectivity index (χ4n) is 3.55. The Kier molecular flexibility index (Phi) is 7.63. The summed E-state index contributed by atoms with van der Waals surface area (Å²) in [4.78, 5) is 36.1. The van der Waals surface area contributed by atoms with Crippen LogP contribution in [0.2, 0.25) is 5.28 Å². The molecule has 11 nitrogen and oxygen atoms in total. The number of carboxylic acid groups (broad SMARTS) is 1. The molecule has 12 heteroatoms. The molecular formula is C20H30ClN5O6. The summed E-state index contributed by atoms with van der Waals surface area (Å²) in [5.41, 5.74) is -0.738. The molecule has 0 aliphatic carbocycles. The van der Waals surface area contributed by atoms with Crippen LogP contribution in [-0.4, -0.2) is 95.7 Å². The molecule has 178 valence electrons. The molecule has 3 heterocycles. The van der Waals surface area contributed by atoms with Crippen molar-refractivity contribution in [2.24, 2.45) is 0 Å². The summed E-state index contributed by atoms with van der Waals surface area (Å²) in [6.07, 6.45) is -0.399. The topological polar surface area (TPSA) is 126 Å². The van der Waals surface area contributed by atoms with Gasteiger partial charge in [-0.2, -0.15) is 9.97 Å². The number of morpholine rings is 1. The zero-order valence-corrected chi connectivity index (χ0v) is 19.5. The van der Waals surface area contributed by atoms with Gasteiger partial charge in [0.25, 0.3) is 0 Å². The van der Waals surface area contributed by atoms with Crippen LogP contribution in [0.3, 0.4) is 0 Å². The standard InChI is InChI=1S/C20H30ClN5O6/c1-12-10-30-8-7-26(12)15-14(17(27)28)16(24-18(21)23-15)31-11-13-9-25(6-5-22-13)19(29)32-20(2,3)4/h12-13,22H,5-11H2,1-4H3,(H,27,28)/t12-,13?/m0/s1. The number of hydrogen-bond donors (Lipinski definition) is 2. The zero-order chi connectivity index (χ0) is 23.5. The van der Waals surface area contributed by atoms with Crippen LogP contribution in [0.5, 0.6) is 5.88 Å². The van der Waals surface area contributed by atoms with E-state index in [9.17, 15) is 14.7 Å². The summed E-state index contributed by atoms with van der Waals surface area (Å²) < 4.78 is 16.7. The number of nitrogens with zero attached hydrogens (tertiary/aromatic N) is 4. The average Bonchev–Trinajstić information content (AvgIpc) is 2.71. The SMILES string of the molecule is C[C@H]1COCCN1c1nc(Cl)nc(OCC2CN(C(=O)OC(C)(C)C)CCN2)c1C(=O)O. The van der Waals surface area contributed by atoms with Gasteiger partial charge >= 0.3 is 12.1 Å². The Morgan fingerprint density at radius 3 is 2.72 bits per heavy atom. The van der Waals surface area contributed by atoms with Crippen LogP contribution < -0.4 is 15.0 Å². The Morgan fingerprint density at radius 2 is 2.06 bits per heavy atom. The number of aromatic nitrogens is 2. The van der Waals surface area contributed by atoms with Crippen LogP contribution in [0, 0.1) is 0 Å². The molecule has 2 atom stereocenters. The van der Waals surface area contributed by atoms with E-state index >= 15 is 0 Å². The van der Waals surface area contributed by atoms with Crippen LogP contribution in [0.15, 0.2) is 0 Å². The van der Waals surface area contributed by atoms with E-state index in [1.807, 2.05) is 32.6 Å². The molecule has 0 spiro atoms.